The highest BCUT2D eigenvalue weighted by Crippen LogP contribution is 2.26. The number of pyridine rings is 2. The molecule has 0 radical (unpaired) electrons. The Labute approximate surface area is 236 Å². The van der Waals surface area contributed by atoms with Crippen LogP contribution >= 0.6 is 0 Å². The summed E-state index contributed by atoms with van der Waals surface area (Å²) >= 11 is 0. The molecule has 0 amide bonds. The van der Waals surface area contributed by atoms with E-state index in [0.717, 1.165) is 11.3 Å². The maximum Gasteiger partial charge on any atom is 0.335 e. The minimum Gasteiger partial charge on any atom is -0.481 e. The number of benzene rings is 2. The van der Waals surface area contributed by atoms with E-state index >= 15 is 4.39 Å². The van der Waals surface area contributed by atoms with Crippen molar-refractivity contribution in [3.8, 4) is 23.0 Å². The standard InChI is InChI=1S/C31H29FN4O5/c1-19-7-8-23(30(33-19)40-3)18-41-29-6-4-5-25(35-29)21-10-9-20(24(32)15-21)17-28-34-26-12-11-22(31(37)38)16-27(26)36(28)13-14-39-2/h4-12,15-16H,13-14,17-18H2,1-3H3,(H,37,38). The lowest BCUT2D eigenvalue weighted by Crippen LogP contribution is -2.10. The van der Waals surface area contributed by atoms with Gasteiger partial charge in [-0.15, -0.1) is 0 Å². The van der Waals surface area contributed by atoms with Gasteiger partial charge in [-0.2, -0.15) is 0 Å². The second-order valence-corrected chi connectivity index (χ2v) is 9.43. The van der Waals surface area contributed by atoms with Crippen LogP contribution in [-0.2, 0) is 24.3 Å². The zero-order chi connectivity index (χ0) is 28.9. The number of ether oxygens (including phenoxy) is 3. The number of nitrogens with zero attached hydrogens (tertiary/aromatic N) is 4. The first-order valence-electron chi connectivity index (χ1n) is 13.0. The molecule has 9 nitrogen and oxygen atoms in total. The van der Waals surface area contributed by atoms with Crippen molar-refractivity contribution in [1.82, 2.24) is 19.5 Å². The first-order chi connectivity index (χ1) is 19.9. The highest BCUT2D eigenvalue weighted by Gasteiger charge is 2.16. The summed E-state index contributed by atoms with van der Waals surface area (Å²) in [6, 6.07) is 18.8. The lowest BCUT2D eigenvalue weighted by atomic mass is 10.1. The minimum atomic E-state index is -1.02. The van der Waals surface area contributed by atoms with E-state index in [2.05, 4.69) is 15.0 Å². The summed E-state index contributed by atoms with van der Waals surface area (Å²) in [5, 5.41) is 9.41. The number of halogens is 1. The van der Waals surface area contributed by atoms with Gasteiger partial charge in [0.1, 0.15) is 18.2 Å². The van der Waals surface area contributed by atoms with E-state index in [-0.39, 0.29) is 18.6 Å². The van der Waals surface area contributed by atoms with Crippen LogP contribution in [0.2, 0.25) is 0 Å². The fourth-order valence-corrected chi connectivity index (χ4v) is 4.55. The monoisotopic (exact) mass is 556 g/mol. The van der Waals surface area contributed by atoms with Crippen LogP contribution in [0.4, 0.5) is 4.39 Å². The van der Waals surface area contributed by atoms with Crippen molar-refractivity contribution in [3.05, 3.63) is 101 Å². The van der Waals surface area contributed by atoms with Crippen molar-refractivity contribution < 1.29 is 28.5 Å². The number of aromatic nitrogens is 4. The molecule has 0 atom stereocenters. The lowest BCUT2D eigenvalue weighted by molar-refractivity contribution is 0.0697. The molecule has 5 rings (SSSR count). The molecule has 10 heteroatoms. The number of imidazole rings is 1. The Bertz CT molecular complexity index is 1720. The van der Waals surface area contributed by atoms with E-state index in [0.29, 0.717) is 58.6 Å². The molecular formula is C31H29FN4O5. The number of fused-ring (bicyclic) bond motifs is 1. The molecule has 0 bridgehead atoms. The van der Waals surface area contributed by atoms with Crippen molar-refractivity contribution in [1.29, 1.82) is 0 Å². The molecule has 0 aliphatic heterocycles. The number of hydrogen-bond donors (Lipinski definition) is 1. The second-order valence-electron chi connectivity index (χ2n) is 9.43. The van der Waals surface area contributed by atoms with Gasteiger partial charge in [0.25, 0.3) is 0 Å². The number of carboxylic acids is 1. The third-order valence-corrected chi connectivity index (χ3v) is 6.66. The van der Waals surface area contributed by atoms with E-state index in [1.165, 1.54) is 12.1 Å². The van der Waals surface area contributed by atoms with Gasteiger partial charge in [0.05, 0.1) is 41.6 Å². The van der Waals surface area contributed by atoms with E-state index < -0.39 is 11.8 Å². The molecule has 0 aliphatic rings. The van der Waals surface area contributed by atoms with Crippen LogP contribution in [0, 0.1) is 12.7 Å². The molecule has 210 valence electrons. The van der Waals surface area contributed by atoms with Gasteiger partial charge >= 0.3 is 5.97 Å². The quantitative estimate of drug-likeness (QED) is 0.228. The minimum absolute atomic E-state index is 0.159. The average molecular weight is 557 g/mol. The largest absolute Gasteiger partial charge is 0.481 e. The van der Waals surface area contributed by atoms with Gasteiger partial charge in [0.2, 0.25) is 11.8 Å². The zero-order valence-corrected chi connectivity index (χ0v) is 22.9. The van der Waals surface area contributed by atoms with Gasteiger partial charge in [-0.1, -0.05) is 18.2 Å². The fraction of sp³-hybridized carbons (Fsp3) is 0.226. The molecule has 1 N–H and O–H groups in total. The summed E-state index contributed by atoms with van der Waals surface area (Å²) in [6.45, 7) is 2.95. The normalized spacial score (nSPS) is 11.1. The first-order valence-corrected chi connectivity index (χ1v) is 13.0. The molecule has 0 unspecified atom stereocenters. The third-order valence-electron chi connectivity index (χ3n) is 6.66. The summed E-state index contributed by atoms with van der Waals surface area (Å²) in [4.78, 5) is 25.1. The summed E-state index contributed by atoms with van der Waals surface area (Å²) in [6.07, 6.45) is 0.218. The number of rotatable bonds is 11. The summed E-state index contributed by atoms with van der Waals surface area (Å²) in [5.74, 6) is 0.0760. The molecule has 0 saturated carbocycles. The number of carbonyl (C=O) groups is 1. The molecule has 2 aromatic carbocycles. The summed E-state index contributed by atoms with van der Waals surface area (Å²) in [5.41, 5.74) is 4.71. The smallest absolute Gasteiger partial charge is 0.335 e. The van der Waals surface area contributed by atoms with Gasteiger partial charge < -0.3 is 23.9 Å². The topological polar surface area (TPSA) is 109 Å². The van der Waals surface area contributed by atoms with E-state index in [1.807, 2.05) is 29.7 Å². The highest BCUT2D eigenvalue weighted by atomic mass is 19.1. The van der Waals surface area contributed by atoms with Gasteiger partial charge in [-0.25, -0.2) is 24.1 Å². The predicted octanol–water partition coefficient (Wildman–Crippen LogP) is 5.46. The van der Waals surface area contributed by atoms with E-state index in [4.69, 9.17) is 14.2 Å². The number of hydrogen-bond acceptors (Lipinski definition) is 7. The van der Waals surface area contributed by atoms with Crippen molar-refractivity contribution in [2.45, 2.75) is 26.5 Å². The predicted molar refractivity (Wildman–Crippen MR) is 151 cm³/mol. The van der Waals surface area contributed by atoms with E-state index in [9.17, 15) is 9.90 Å². The van der Waals surface area contributed by atoms with Gasteiger partial charge in [0, 0.05) is 37.4 Å². The Morgan fingerprint density at radius 1 is 0.976 bits per heavy atom. The molecule has 0 saturated heterocycles. The molecule has 5 aromatic rings. The Hall–Kier alpha value is -4.83. The molecule has 0 aliphatic carbocycles. The Kier molecular flexibility index (Phi) is 8.21. The van der Waals surface area contributed by atoms with Gasteiger partial charge in [0.15, 0.2) is 0 Å². The van der Waals surface area contributed by atoms with Crippen LogP contribution in [-0.4, -0.2) is 51.4 Å². The molecule has 3 aromatic heterocycles. The van der Waals surface area contributed by atoms with Crippen molar-refractivity contribution in [2.75, 3.05) is 20.8 Å². The number of methoxy groups -OCH3 is 2. The molecule has 0 fully saturated rings. The Balaban J connectivity index is 1.37. The maximum atomic E-state index is 15.4. The Morgan fingerprint density at radius 3 is 2.56 bits per heavy atom. The van der Waals surface area contributed by atoms with Crippen LogP contribution in [0.3, 0.4) is 0 Å². The fourth-order valence-electron chi connectivity index (χ4n) is 4.55. The van der Waals surface area contributed by atoms with Gasteiger partial charge in [-0.05, 0) is 55.0 Å². The van der Waals surface area contributed by atoms with Crippen molar-refractivity contribution >= 4 is 17.0 Å². The van der Waals surface area contributed by atoms with E-state index in [1.54, 1.807) is 50.6 Å². The summed E-state index contributed by atoms with van der Waals surface area (Å²) in [7, 11) is 3.15. The van der Waals surface area contributed by atoms with Crippen LogP contribution in [0.15, 0.2) is 66.7 Å². The highest BCUT2D eigenvalue weighted by molar-refractivity contribution is 5.92. The lowest BCUT2D eigenvalue weighted by Gasteiger charge is -2.11. The van der Waals surface area contributed by atoms with Crippen LogP contribution in [0.5, 0.6) is 11.8 Å². The number of aromatic carboxylic acids is 1. The molecule has 0 spiro atoms. The first kappa shape index (κ1) is 27.7. The Morgan fingerprint density at radius 2 is 1.80 bits per heavy atom. The molecule has 3 heterocycles. The zero-order valence-electron chi connectivity index (χ0n) is 22.9. The number of carboxylic acid groups (broad SMARTS) is 1. The van der Waals surface area contributed by atoms with Crippen molar-refractivity contribution in [2.24, 2.45) is 0 Å². The average Bonchev–Trinajstić information content (AvgIpc) is 3.32. The maximum absolute atomic E-state index is 15.4. The third kappa shape index (κ3) is 6.17. The molecule has 41 heavy (non-hydrogen) atoms. The summed E-state index contributed by atoms with van der Waals surface area (Å²) < 4.78 is 33.7. The second kappa shape index (κ2) is 12.1. The van der Waals surface area contributed by atoms with Crippen LogP contribution < -0.4 is 9.47 Å². The molecular weight excluding hydrogens is 527 g/mol. The van der Waals surface area contributed by atoms with Crippen LogP contribution in [0.1, 0.15) is 33.0 Å². The van der Waals surface area contributed by atoms with Crippen LogP contribution in [0.25, 0.3) is 22.3 Å². The number of aryl methyl sites for hydroxylation is 1. The SMILES string of the molecule is COCCn1c(Cc2ccc(-c3cccc(OCc4ccc(C)nc4OC)n3)cc2F)nc2ccc(C(=O)O)cc21. The van der Waals surface area contributed by atoms with Gasteiger partial charge in [-0.3, -0.25) is 0 Å². The van der Waals surface area contributed by atoms with Crippen molar-refractivity contribution in [3.63, 3.8) is 0 Å².